The van der Waals surface area contributed by atoms with Crippen molar-refractivity contribution in [3.63, 3.8) is 0 Å². The van der Waals surface area contributed by atoms with Crippen LogP contribution in [-0.2, 0) is 0 Å². The van der Waals surface area contributed by atoms with Crippen molar-refractivity contribution in [2.75, 3.05) is 38.5 Å². The summed E-state index contributed by atoms with van der Waals surface area (Å²) < 4.78 is 0. The fourth-order valence-electron chi connectivity index (χ4n) is 2.69. The van der Waals surface area contributed by atoms with E-state index in [0.29, 0.717) is 17.6 Å². The van der Waals surface area contributed by atoms with Gasteiger partial charge in [-0.25, -0.2) is 0 Å². The first-order valence-corrected chi connectivity index (χ1v) is 7.72. The van der Waals surface area contributed by atoms with E-state index in [1.54, 1.807) is 12.1 Å². The van der Waals surface area contributed by atoms with Crippen molar-refractivity contribution in [2.45, 2.75) is 32.7 Å². The lowest BCUT2D eigenvalue weighted by Gasteiger charge is -2.36. The van der Waals surface area contributed by atoms with Gasteiger partial charge in [0.25, 0.3) is 5.91 Å². The van der Waals surface area contributed by atoms with Crippen LogP contribution in [0.3, 0.4) is 0 Å². The van der Waals surface area contributed by atoms with Crippen LogP contribution >= 0.6 is 0 Å². The van der Waals surface area contributed by atoms with E-state index in [1.165, 1.54) is 0 Å². The Balaban J connectivity index is 1.95. The molecule has 0 radical (unpaired) electrons. The van der Waals surface area contributed by atoms with Crippen LogP contribution in [0.1, 0.15) is 37.2 Å². The predicted octanol–water partition coefficient (Wildman–Crippen LogP) is 1.46. The second-order valence-corrected chi connectivity index (χ2v) is 5.42. The van der Waals surface area contributed by atoms with Gasteiger partial charge in [-0.05, 0) is 38.4 Å². The highest BCUT2D eigenvalue weighted by Gasteiger charge is 2.26. The Hall–Kier alpha value is -1.69. The summed E-state index contributed by atoms with van der Waals surface area (Å²) >= 11 is 0. The molecule has 1 amide bonds. The van der Waals surface area contributed by atoms with Crippen LogP contribution < -0.4 is 5.32 Å². The van der Waals surface area contributed by atoms with E-state index in [2.05, 4.69) is 27.3 Å². The van der Waals surface area contributed by atoms with Crippen molar-refractivity contribution in [2.24, 2.45) is 0 Å². The van der Waals surface area contributed by atoms with E-state index < -0.39 is 0 Å². The molecule has 0 saturated carbocycles. The van der Waals surface area contributed by atoms with Crippen molar-refractivity contribution in [3.05, 3.63) is 17.8 Å². The average Bonchev–Trinajstić information content (AvgIpc) is 2.54. The topological polar surface area (TPSA) is 61.4 Å². The van der Waals surface area contributed by atoms with Crippen molar-refractivity contribution in [1.29, 1.82) is 0 Å². The molecule has 1 aliphatic heterocycles. The van der Waals surface area contributed by atoms with Gasteiger partial charge < -0.3 is 15.1 Å². The van der Waals surface area contributed by atoms with Crippen LogP contribution in [0.25, 0.3) is 0 Å². The number of nitrogens with one attached hydrogen (secondary N) is 1. The Morgan fingerprint density at radius 3 is 2.57 bits per heavy atom. The molecule has 0 aliphatic carbocycles. The molecule has 21 heavy (non-hydrogen) atoms. The number of aromatic nitrogens is 2. The molecule has 1 aromatic rings. The lowest BCUT2D eigenvalue weighted by atomic mass is 10.0. The van der Waals surface area contributed by atoms with Gasteiger partial charge in [0, 0.05) is 32.7 Å². The van der Waals surface area contributed by atoms with E-state index >= 15 is 0 Å². The molecule has 1 N–H and O–H groups in total. The number of rotatable bonds is 5. The number of carbonyl (C=O) groups excluding carboxylic acids is 1. The Morgan fingerprint density at radius 2 is 2.05 bits per heavy atom. The maximum atomic E-state index is 12.5. The smallest absolute Gasteiger partial charge is 0.274 e. The van der Waals surface area contributed by atoms with Crippen molar-refractivity contribution < 1.29 is 4.79 Å². The normalized spacial score (nSPS) is 16.7. The van der Waals surface area contributed by atoms with Crippen LogP contribution in [-0.4, -0.2) is 65.2 Å². The summed E-state index contributed by atoms with van der Waals surface area (Å²) in [5, 5.41) is 11.1. The molecular weight excluding hydrogens is 266 g/mol. The summed E-state index contributed by atoms with van der Waals surface area (Å²) in [5.74, 6) is 0.661. The van der Waals surface area contributed by atoms with Gasteiger partial charge in [0.1, 0.15) is 5.82 Å². The highest BCUT2D eigenvalue weighted by atomic mass is 16.2. The monoisotopic (exact) mass is 291 g/mol. The lowest BCUT2D eigenvalue weighted by molar-refractivity contribution is 0.0640. The first-order valence-electron chi connectivity index (χ1n) is 7.72. The number of likely N-dealkylation sites (tertiary alicyclic amines) is 1. The zero-order valence-corrected chi connectivity index (χ0v) is 13.2. The standard InChI is InChI=1S/C15H25N5O/c1-4-16-14-7-6-13(17-18-14)15(21)19(3)12-8-10-20(5-2)11-9-12/h6-7,12H,4-5,8-11H2,1-3H3,(H,16,18). The Bertz CT molecular complexity index is 454. The van der Waals surface area contributed by atoms with E-state index in [-0.39, 0.29) is 5.91 Å². The van der Waals surface area contributed by atoms with Gasteiger partial charge in [-0.1, -0.05) is 6.92 Å². The van der Waals surface area contributed by atoms with Gasteiger partial charge in [-0.3, -0.25) is 4.79 Å². The number of carbonyl (C=O) groups is 1. The molecule has 0 aromatic carbocycles. The molecule has 1 aromatic heterocycles. The fraction of sp³-hybridized carbons (Fsp3) is 0.667. The third kappa shape index (κ3) is 3.91. The maximum Gasteiger partial charge on any atom is 0.274 e. The Morgan fingerprint density at radius 1 is 1.33 bits per heavy atom. The van der Waals surface area contributed by atoms with Crippen molar-refractivity contribution in [3.8, 4) is 0 Å². The highest BCUT2D eigenvalue weighted by molar-refractivity contribution is 5.92. The predicted molar refractivity (Wildman–Crippen MR) is 83.4 cm³/mol. The van der Waals surface area contributed by atoms with E-state index in [4.69, 9.17) is 0 Å². The van der Waals surface area contributed by atoms with Gasteiger partial charge in [0.15, 0.2) is 5.69 Å². The Labute approximate surface area is 126 Å². The molecule has 0 spiro atoms. The fourth-order valence-corrected chi connectivity index (χ4v) is 2.69. The van der Waals surface area contributed by atoms with Crippen LogP contribution in [0.15, 0.2) is 12.1 Å². The molecule has 6 nitrogen and oxygen atoms in total. The first kappa shape index (κ1) is 15.7. The van der Waals surface area contributed by atoms with Gasteiger partial charge in [-0.2, -0.15) is 0 Å². The Kier molecular flexibility index (Phi) is 5.50. The van der Waals surface area contributed by atoms with Crippen LogP contribution in [0, 0.1) is 0 Å². The maximum absolute atomic E-state index is 12.5. The molecule has 1 fully saturated rings. The number of anilines is 1. The molecule has 0 unspecified atom stereocenters. The van der Waals surface area contributed by atoms with Gasteiger partial charge >= 0.3 is 0 Å². The molecule has 2 rings (SSSR count). The quantitative estimate of drug-likeness (QED) is 0.890. The number of hydrogen-bond acceptors (Lipinski definition) is 5. The minimum Gasteiger partial charge on any atom is -0.369 e. The summed E-state index contributed by atoms with van der Waals surface area (Å²) in [5.41, 5.74) is 0.414. The van der Waals surface area contributed by atoms with Crippen LogP contribution in [0.4, 0.5) is 5.82 Å². The molecule has 0 bridgehead atoms. The van der Waals surface area contributed by atoms with Gasteiger partial charge in [0.2, 0.25) is 0 Å². The minimum atomic E-state index is -0.0412. The number of nitrogens with zero attached hydrogens (tertiary/aromatic N) is 4. The second-order valence-electron chi connectivity index (χ2n) is 5.42. The zero-order chi connectivity index (χ0) is 15.2. The summed E-state index contributed by atoms with van der Waals surface area (Å²) in [7, 11) is 1.87. The number of piperidine rings is 1. The summed E-state index contributed by atoms with van der Waals surface area (Å²) in [6.45, 7) is 8.17. The second kappa shape index (κ2) is 7.36. The average molecular weight is 291 g/mol. The SMILES string of the molecule is CCNc1ccc(C(=O)N(C)C2CCN(CC)CC2)nn1. The highest BCUT2D eigenvalue weighted by Crippen LogP contribution is 2.17. The largest absolute Gasteiger partial charge is 0.369 e. The molecule has 6 heteroatoms. The van der Waals surface area contributed by atoms with Crippen LogP contribution in [0.5, 0.6) is 0 Å². The first-order chi connectivity index (χ1) is 10.2. The third-order valence-corrected chi connectivity index (χ3v) is 4.11. The summed E-state index contributed by atoms with van der Waals surface area (Å²) in [6.07, 6.45) is 2.05. The van der Waals surface area contributed by atoms with Gasteiger partial charge in [-0.15, -0.1) is 10.2 Å². The molecular formula is C15H25N5O. The van der Waals surface area contributed by atoms with E-state index in [0.717, 1.165) is 39.0 Å². The lowest BCUT2D eigenvalue weighted by Crippen LogP contribution is -2.45. The van der Waals surface area contributed by atoms with Crippen molar-refractivity contribution >= 4 is 11.7 Å². The number of amides is 1. The third-order valence-electron chi connectivity index (χ3n) is 4.11. The number of hydrogen-bond donors (Lipinski definition) is 1. The van der Waals surface area contributed by atoms with E-state index in [9.17, 15) is 4.79 Å². The van der Waals surface area contributed by atoms with Crippen molar-refractivity contribution in [1.82, 2.24) is 20.0 Å². The molecule has 1 aliphatic rings. The summed E-state index contributed by atoms with van der Waals surface area (Å²) in [4.78, 5) is 16.7. The molecule has 0 atom stereocenters. The minimum absolute atomic E-state index is 0.0412. The molecule has 1 saturated heterocycles. The van der Waals surface area contributed by atoms with E-state index in [1.807, 2.05) is 18.9 Å². The summed E-state index contributed by atoms with van der Waals surface area (Å²) in [6, 6.07) is 3.85. The molecule has 2 heterocycles. The zero-order valence-electron chi connectivity index (χ0n) is 13.2. The molecule has 116 valence electrons. The van der Waals surface area contributed by atoms with Crippen LogP contribution in [0.2, 0.25) is 0 Å². The van der Waals surface area contributed by atoms with Gasteiger partial charge in [0.05, 0.1) is 0 Å².